The SMILES string of the molecule is Cc1cc([C@@H](C)Nc2ccc(F)cc2C(=O)O)c2nc(C3CCOCC3)n(C)c(=O)c2c1. The van der Waals surface area contributed by atoms with Crippen LogP contribution in [0.5, 0.6) is 0 Å². The van der Waals surface area contributed by atoms with Gasteiger partial charge in [0.05, 0.1) is 22.5 Å². The fraction of sp³-hybridized carbons (Fsp3) is 0.375. The minimum absolute atomic E-state index is 0.110. The Kier molecular flexibility index (Phi) is 5.97. The predicted molar refractivity (Wildman–Crippen MR) is 120 cm³/mol. The zero-order chi connectivity index (χ0) is 23.0. The number of aromatic carboxylic acids is 1. The monoisotopic (exact) mass is 439 g/mol. The highest BCUT2D eigenvalue weighted by Crippen LogP contribution is 2.30. The largest absolute Gasteiger partial charge is 0.478 e. The van der Waals surface area contributed by atoms with Gasteiger partial charge in [-0.2, -0.15) is 0 Å². The third kappa shape index (κ3) is 4.10. The van der Waals surface area contributed by atoms with Crippen LogP contribution in [0.25, 0.3) is 10.9 Å². The first-order chi connectivity index (χ1) is 15.3. The van der Waals surface area contributed by atoms with Crippen LogP contribution in [0, 0.1) is 12.7 Å². The number of nitrogens with one attached hydrogen (secondary N) is 1. The van der Waals surface area contributed by atoms with Gasteiger partial charge < -0.3 is 15.2 Å². The number of carboxylic acid groups (broad SMARTS) is 1. The van der Waals surface area contributed by atoms with Gasteiger partial charge in [0.2, 0.25) is 0 Å². The fourth-order valence-corrected chi connectivity index (χ4v) is 4.35. The summed E-state index contributed by atoms with van der Waals surface area (Å²) >= 11 is 0. The van der Waals surface area contributed by atoms with Gasteiger partial charge in [-0.15, -0.1) is 0 Å². The van der Waals surface area contributed by atoms with Crippen molar-refractivity contribution in [3.8, 4) is 0 Å². The van der Waals surface area contributed by atoms with Crippen LogP contribution in [0.15, 0.2) is 35.1 Å². The molecule has 8 heteroatoms. The van der Waals surface area contributed by atoms with Crippen LogP contribution in [-0.4, -0.2) is 33.8 Å². The Morgan fingerprint density at radius 1 is 1.28 bits per heavy atom. The van der Waals surface area contributed by atoms with Crippen LogP contribution in [0.4, 0.5) is 10.1 Å². The lowest BCUT2D eigenvalue weighted by Crippen LogP contribution is -2.27. The van der Waals surface area contributed by atoms with Gasteiger partial charge in [-0.3, -0.25) is 9.36 Å². The smallest absolute Gasteiger partial charge is 0.337 e. The Balaban J connectivity index is 1.82. The highest BCUT2D eigenvalue weighted by atomic mass is 19.1. The summed E-state index contributed by atoms with van der Waals surface area (Å²) in [6.45, 7) is 5.05. The van der Waals surface area contributed by atoms with E-state index in [4.69, 9.17) is 9.72 Å². The lowest BCUT2D eigenvalue weighted by molar-refractivity contribution is 0.0697. The Morgan fingerprint density at radius 2 is 2.00 bits per heavy atom. The van der Waals surface area contributed by atoms with E-state index in [9.17, 15) is 19.1 Å². The Bertz CT molecular complexity index is 1250. The van der Waals surface area contributed by atoms with Crippen LogP contribution < -0.4 is 10.9 Å². The van der Waals surface area contributed by atoms with Gasteiger partial charge in [-0.05, 0) is 56.5 Å². The number of ether oxygens (including phenoxy) is 1. The molecule has 32 heavy (non-hydrogen) atoms. The highest BCUT2D eigenvalue weighted by molar-refractivity contribution is 5.94. The number of hydrogen-bond acceptors (Lipinski definition) is 5. The summed E-state index contributed by atoms with van der Waals surface area (Å²) in [6.07, 6.45) is 1.61. The maximum atomic E-state index is 13.6. The first-order valence-electron chi connectivity index (χ1n) is 10.6. The van der Waals surface area contributed by atoms with E-state index in [2.05, 4.69) is 5.32 Å². The normalized spacial score (nSPS) is 15.6. The molecule has 0 saturated carbocycles. The zero-order valence-corrected chi connectivity index (χ0v) is 18.3. The Hall–Kier alpha value is -3.26. The Labute approximate surface area is 184 Å². The second-order valence-electron chi connectivity index (χ2n) is 8.33. The molecule has 1 fully saturated rings. The fourth-order valence-electron chi connectivity index (χ4n) is 4.35. The van der Waals surface area contributed by atoms with Gasteiger partial charge in [0.15, 0.2) is 0 Å². The van der Waals surface area contributed by atoms with Crippen LogP contribution in [0.1, 0.15) is 59.0 Å². The van der Waals surface area contributed by atoms with Gasteiger partial charge in [0, 0.05) is 37.4 Å². The van der Waals surface area contributed by atoms with E-state index in [-0.39, 0.29) is 23.1 Å². The number of carboxylic acids is 1. The molecule has 168 valence electrons. The second-order valence-corrected chi connectivity index (χ2v) is 8.33. The molecule has 1 aromatic heterocycles. The molecule has 0 bridgehead atoms. The molecule has 3 aromatic rings. The summed E-state index contributed by atoms with van der Waals surface area (Å²) in [5.41, 5.74) is 2.32. The van der Waals surface area contributed by atoms with E-state index in [0.717, 1.165) is 35.9 Å². The van der Waals surface area contributed by atoms with E-state index in [1.54, 1.807) is 11.6 Å². The molecule has 0 radical (unpaired) electrons. The standard InChI is InChI=1S/C24H26FN3O4/c1-13-10-17(14(2)26-20-5-4-16(25)12-18(20)24(30)31)21-19(11-13)23(29)28(3)22(27-21)15-6-8-32-9-7-15/h4-5,10-12,14-15,26H,6-9H2,1-3H3,(H,30,31)/t14-/m1/s1. The number of benzene rings is 2. The van der Waals surface area contributed by atoms with Gasteiger partial charge in [0.25, 0.3) is 5.56 Å². The van der Waals surface area contributed by atoms with Crippen molar-refractivity contribution in [1.82, 2.24) is 9.55 Å². The molecule has 7 nitrogen and oxygen atoms in total. The summed E-state index contributed by atoms with van der Waals surface area (Å²) in [6, 6.07) is 7.02. The van der Waals surface area contributed by atoms with Gasteiger partial charge in [-0.1, -0.05) is 6.07 Å². The summed E-state index contributed by atoms with van der Waals surface area (Å²) in [7, 11) is 1.75. The molecule has 1 aliphatic heterocycles. The van der Waals surface area contributed by atoms with Gasteiger partial charge in [-0.25, -0.2) is 14.2 Å². The van der Waals surface area contributed by atoms with Crippen molar-refractivity contribution < 1.29 is 19.0 Å². The molecule has 0 amide bonds. The van der Waals surface area contributed by atoms with Crippen molar-refractivity contribution in [3.63, 3.8) is 0 Å². The van der Waals surface area contributed by atoms with Crippen LogP contribution in [-0.2, 0) is 11.8 Å². The number of hydrogen-bond donors (Lipinski definition) is 2. The predicted octanol–water partition coefficient (Wildman–Crippen LogP) is 4.15. The van der Waals surface area contributed by atoms with Crippen molar-refractivity contribution in [1.29, 1.82) is 0 Å². The molecule has 0 spiro atoms. The number of aryl methyl sites for hydroxylation is 1. The number of fused-ring (bicyclic) bond motifs is 1. The number of rotatable bonds is 5. The average molecular weight is 439 g/mol. The molecule has 2 aromatic carbocycles. The first-order valence-corrected chi connectivity index (χ1v) is 10.6. The number of carbonyl (C=O) groups is 1. The molecular formula is C24H26FN3O4. The highest BCUT2D eigenvalue weighted by Gasteiger charge is 2.24. The molecule has 2 N–H and O–H groups in total. The lowest BCUT2D eigenvalue weighted by Gasteiger charge is -2.25. The maximum absolute atomic E-state index is 13.6. The van der Waals surface area contributed by atoms with Crippen LogP contribution in [0.2, 0.25) is 0 Å². The quantitative estimate of drug-likeness (QED) is 0.621. The molecular weight excluding hydrogens is 413 g/mol. The zero-order valence-electron chi connectivity index (χ0n) is 18.3. The van der Waals surface area contributed by atoms with E-state index < -0.39 is 11.8 Å². The van der Waals surface area contributed by atoms with E-state index >= 15 is 0 Å². The molecule has 1 aliphatic rings. The van der Waals surface area contributed by atoms with Crippen molar-refractivity contribution in [2.75, 3.05) is 18.5 Å². The van der Waals surface area contributed by atoms with E-state index in [1.807, 2.05) is 26.0 Å². The molecule has 0 aliphatic carbocycles. The first kappa shape index (κ1) is 22.0. The molecule has 4 rings (SSSR count). The summed E-state index contributed by atoms with van der Waals surface area (Å²) < 4.78 is 20.7. The van der Waals surface area contributed by atoms with Crippen molar-refractivity contribution in [2.24, 2.45) is 7.05 Å². The van der Waals surface area contributed by atoms with E-state index in [0.29, 0.717) is 29.8 Å². The number of anilines is 1. The second kappa shape index (κ2) is 8.70. The minimum Gasteiger partial charge on any atom is -0.478 e. The molecule has 1 saturated heterocycles. The van der Waals surface area contributed by atoms with Crippen molar-refractivity contribution in [3.05, 3.63) is 69.0 Å². The number of halogens is 1. The summed E-state index contributed by atoms with van der Waals surface area (Å²) in [4.78, 5) is 29.7. The lowest BCUT2D eigenvalue weighted by atomic mass is 9.97. The van der Waals surface area contributed by atoms with Crippen LogP contribution in [0.3, 0.4) is 0 Å². The third-order valence-corrected chi connectivity index (χ3v) is 6.03. The minimum atomic E-state index is -1.22. The average Bonchev–Trinajstić information content (AvgIpc) is 2.77. The summed E-state index contributed by atoms with van der Waals surface area (Å²) in [5, 5.41) is 13.2. The number of aromatic nitrogens is 2. The summed E-state index contributed by atoms with van der Waals surface area (Å²) in [5.74, 6) is -0.968. The molecule has 1 atom stereocenters. The Morgan fingerprint density at radius 3 is 2.69 bits per heavy atom. The molecule has 0 unspecified atom stereocenters. The van der Waals surface area contributed by atoms with Crippen LogP contribution >= 0.6 is 0 Å². The molecule has 2 heterocycles. The van der Waals surface area contributed by atoms with Crippen molar-refractivity contribution >= 4 is 22.6 Å². The van der Waals surface area contributed by atoms with Gasteiger partial charge >= 0.3 is 5.97 Å². The van der Waals surface area contributed by atoms with Gasteiger partial charge in [0.1, 0.15) is 11.6 Å². The topological polar surface area (TPSA) is 93.4 Å². The number of nitrogens with zero attached hydrogens (tertiary/aromatic N) is 2. The third-order valence-electron chi connectivity index (χ3n) is 6.03. The maximum Gasteiger partial charge on any atom is 0.337 e. The van der Waals surface area contributed by atoms with Crippen molar-refractivity contribution in [2.45, 2.75) is 38.6 Å². The van der Waals surface area contributed by atoms with E-state index in [1.165, 1.54) is 12.1 Å².